The number of hydrogen-bond donors (Lipinski definition) is 0. The van der Waals surface area contributed by atoms with Gasteiger partial charge in [-0.05, 0) is 69.3 Å². The summed E-state index contributed by atoms with van der Waals surface area (Å²) in [4.78, 5) is 18.4. The minimum Gasteiger partial charge on any atom is -0.493 e. The van der Waals surface area contributed by atoms with Crippen LogP contribution < -0.4 is 14.2 Å². The molecule has 0 aromatic heterocycles. The van der Waals surface area contributed by atoms with E-state index in [9.17, 15) is 13.6 Å². The second-order valence-corrected chi connectivity index (χ2v) is 10.7. The topological polar surface area (TPSA) is 51.2 Å². The number of benzene rings is 2. The van der Waals surface area contributed by atoms with Crippen LogP contribution in [0.3, 0.4) is 0 Å². The molecule has 4 rings (SSSR count). The molecule has 1 aliphatic heterocycles. The number of ether oxygens (including phenoxy) is 3. The lowest BCUT2D eigenvalue weighted by Crippen LogP contribution is -2.45. The van der Waals surface area contributed by atoms with E-state index in [1.54, 1.807) is 18.2 Å². The Hall–Kier alpha value is -3.13. The number of amides is 1. The Kier molecular flexibility index (Phi) is 9.83. The molecule has 0 N–H and O–H groups in total. The summed E-state index contributed by atoms with van der Waals surface area (Å²) in [6.45, 7) is 4.85. The van der Waals surface area contributed by atoms with Gasteiger partial charge >= 0.3 is 0 Å². The minimum absolute atomic E-state index is 0.172. The van der Waals surface area contributed by atoms with Gasteiger partial charge in [-0.1, -0.05) is 24.5 Å². The fraction of sp³-hybridized carbons (Fsp3) is 0.516. The first-order valence-electron chi connectivity index (χ1n) is 13.8. The third-order valence-corrected chi connectivity index (χ3v) is 7.90. The molecule has 2 aromatic rings. The molecular weight excluding hydrogens is 502 g/mol. The first-order valence-corrected chi connectivity index (χ1v) is 13.8. The van der Waals surface area contributed by atoms with Crippen molar-refractivity contribution in [2.45, 2.75) is 51.5 Å². The SMILES string of the molecule is COc1cc(C(=O)N(C/C(C)=C/c2ccc(F)cc2F)CC2CCCN2CC2CCCC2)cc(OC)c1OC. The van der Waals surface area contributed by atoms with Crippen molar-refractivity contribution in [1.29, 1.82) is 0 Å². The van der Waals surface area contributed by atoms with Crippen LogP contribution in [0.4, 0.5) is 8.78 Å². The normalized spacial score (nSPS) is 18.4. The van der Waals surface area contributed by atoms with Crippen LogP contribution in [-0.2, 0) is 0 Å². The molecule has 1 heterocycles. The summed E-state index contributed by atoms with van der Waals surface area (Å²) in [6.07, 6.45) is 8.98. The van der Waals surface area contributed by atoms with E-state index in [1.165, 1.54) is 59.1 Å². The van der Waals surface area contributed by atoms with Crippen LogP contribution in [0.2, 0.25) is 0 Å². The molecule has 2 aliphatic rings. The molecule has 1 saturated heterocycles. The van der Waals surface area contributed by atoms with Crippen LogP contribution in [0.1, 0.15) is 61.4 Å². The summed E-state index contributed by atoms with van der Waals surface area (Å²) in [5.41, 5.74) is 1.50. The smallest absolute Gasteiger partial charge is 0.254 e. The fourth-order valence-electron chi connectivity index (χ4n) is 5.96. The lowest BCUT2D eigenvalue weighted by Gasteiger charge is -2.33. The summed E-state index contributed by atoms with van der Waals surface area (Å²) in [6, 6.07) is 7.12. The maximum Gasteiger partial charge on any atom is 0.254 e. The van der Waals surface area contributed by atoms with Gasteiger partial charge in [-0.3, -0.25) is 9.69 Å². The van der Waals surface area contributed by atoms with Gasteiger partial charge in [-0.2, -0.15) is 0 Å². The van der Waals surface area contributed by atoms with Crippen LogP contribution in [0, 0.1) is 17.6 Å². The molecule has 1 atom stereocenters. The van der Waals surface area contributed by atoms with Crippen LogP contribution in [-0.4, -0.2) is 69.3 Å². The van der Waals surface area contributed by atoms with Crippen molar-refractivity contribution in [3.63, 3.8) is 0 Å². The van der Waals surface area contributed by atoms with E-state index >= 15 is 0 Å². The number of nitrogens with zero attached hydrogens (tertiary/aromatic N) is 2. The average molecular weight is 543 g/mol. The van der Waals surface area contributed by atoms with E-state index in [4.69, 9.17) is 14.2 Å². The largest absolute Gasteiger partial charge is 0.493 e. The number of methoxy groups -OCH3 is 3. The molecule has 212 valence electrons. The van der Waals surface area contributed by atoms with E-state index in [-0.39, 0.29) is 17.5 Å². The van der Waals surface area contributed by atoms with Crippen molar-refractivity contribution in [2.75, 3.05) is 47.5 Å². The standard InChI is InChI=1S/C31H40F2N2O4/c1-21(14-23-11-12-25(32)17-27(23)33)18-35(20-26-10-7-13-34(26)19-22-8-5-6-9-22)31(36)24-15-28(37-2)30(39-4)29(16-24)38-3/h11-12,14-17,22,26H,5-10,13,18-20H2,1-4H3/b21-14+. The Morgan fingerprint density at radius 2 is 1.69 bits per heavy atom. The highest BCUT2D eigenvalue weighted by Crippen LogP contribution is 2.38. The molecule has 1 aliphatic carbocycles. The Balaban J connectivity index is 1.62. The van der Waals surface area contributed by atoms with E-state index in [2.05, 4.69) is 4.90 Å². The van der Waals surface area contributed by atoms with Gasteiger partial charge < -0.3 is 19.1 Å². The van der Waals surface area contributed by atoms with Gasteiger partial charge in [0, 0.05) is 42.9 Å². The zero-order valence-corrected chi connectivity index (χ0v) is 23.5. The summed E-state index contributed by atoms with van der Waals surface area (Å²) >= 11 is 0. The van der Waals surface area contributed by atoms with Crippen molar-refractivity contribution < 1.29 is 27.8 Å². The first-order chi connectivity index (χ1) is 18.8. The Labute approximate surface area is 230 Å². The van der Waals surface area contributed by atoms with E-state index in [1.807, 2.05) is 11.8 Å². The lowest BCUT2D eigenvalue weighted by molar-refractivity contribution is 0.0714. The third-order valence-electron chi connectivity index (χ3n) is 7.90. The van der Waals surface area contributed by atoms with Crippen LogP contribution >= 0.6 is 0 Å². The molecule has 2 aromatic carbocycles. The molecule has 2 fully saturated rings. The quantitative estimate of drug-likeness (QED) is 0.339. The van der Waals surface area contributed by atoms with Gasteiger partial charge in [0.2, 0.25) is 5.75 Å². The van der Waals surface area contributed by atoms with Gasteiger partial charge in [-0.25, -0.2) is 8.78 Å². The summed E-state index contributed by atoms with van der Waals surface area (Å²) in [5, 5.41) is 0. The van der Waals surface area contributed by atoms with E-state index in [0.29, 0.717) is 35.9 Å². The van der Waals surface area contributed by atoms with Gasteiger partial charge in [0.1, 0.15) is 11.6 Å². The highest BCUT2D eigenvalue weighted by atomic mass is 19.1. The first kappa shape index (κ1) is 28.9. The Morgan fingerprint density at radius 1 is 1.00 bits per heavy atom. The molecular formula is C31H40F2N2O4. The second-order valence-electron chi connectivity index (χ2n) is 10.7. The third kappa shape index (κ3) is 7.10. The molecule has 1 saturated carbocycles. The zero-order chi connectivity index (χ0) is 27.9. The molecule has 1 unspecified atom stereocenters. The van der Waals surface area contributed by atoms with Crippen molar-refractivity contribution in [1.82, 2.24) is 9.80 Å². The molecule has 1 amide bonds. The van der Waals surface area contributed by atoms with E-state index in [0.717, 1.165) is 43.5 Å². The van der Waals surface area contributed by atoms with Gasteiger partial charge in [-0.15, -0.1) is 0 Å². The molecule has 0 radical (unpaired) electrons. The van der Waals surface area contributed by atoms with E-state index < -0.39 is 11.6 Å². The molecule has 0 spiro atoms. The maximum absolute atomic E-state index is 14.4. The monoisotopic (exact) mass is 542 g/mol. The summed E-state index contributed by atoms with van der Waals surface area (Å²) in [7, 11) is 4.57. The van der Waals surface area contributed by atoms with Crippen LogP contribution in [0.15, 0.2) is 35.9 Å². The molecule has 8 heteroatoms. The predicted octanol–water partition coefficient (Wildman–Crippen LogP) is 6.19. The number of carbonyl (C=O) groups excluding carboxylic acids is 1. The van der Waals surface area contributed by atoms with Crippen molar-refractivity contribution in [2.24, 2.45) is 5.92 Å². The fourth-order valence-corrected chi connectivity index (χ4v) is 5.96. The lowest BCUT2D eigenvalue weighted by atomic mass is 10.1. The number of hydrogen-bond acceptors (Lipinski definition) is 5. The minimum atomic E-state index is -0.629. The van der Waals surface area contributed by atoms with Crippen LogP contribution in [0.25, 0.3) is 6.08 Å². The zero-order valence-electron chi connectivity index (χ0n) is 23.5. The van der Waals surface area contributed by atoms with Crippen molar-refractivity contribution >= 4 is 12.0 Å². The van der Waals surface area contributed by atoms with Gasteiger partial charge in [0.25, 0.3) is 5.91 Å². The van der Waals surface area contributed by atoms with Crippen LogP contribution in [0.5, 0.6) is 17.2 Å². The highest BCUT2D eigenvalue weighted by Gasteiger charge is 2.31. The average Bonchev–Trinajstić information content (AvgIpc) is 3.61. The van der Waals surface area contributed by atoms with Crippen molar-refractivity contribution in [3.8, 4) is 17.2 Å². The Bertz CT molecular complexity index is 1150. The second kappa shape index (κ2) is 13.3. The van der Waals surface area contributed by atoms with Gasteiger partial charge in [0.05, 0.1) is 21.3 Å². The maximum atomic E-state index is 14.4. The Morgan fingerprint density at radius 3 is 2.31 bits per heavy atom. The molecule has 0 bridgehead atoms. The highest BCUT2D eigenvalue weighted by molar-refractivity contribution is 5.96. The number of rotatable bonds is 11. The predicted molar refractivity (Wildman–Crippen MR) is 149 cm³/mol. The van der Waals surface area contributed by atoms with Crippen molar-refractivity contribution in [3.05, 3.63) is 58.7 Å². The number of likely N-dealkylation sites (tertiary alicyclic amines) is 1. The summed E-state index contributed by atoms with van der Waals surface area (Å²) < 4.78 is 44.2. The molecule has 39 heavy (non-hydrogen) atoms. The number of carbonyl (C=O) groups is 1. The summed E-state index contributed by atoms with van der Waals surface area (Å²) in [5.74, 6) is 0.543. The molecule has 6 nitrogen and oxygen atoms in total. The number of halogens is 2. The van der Waals surface area contributed by atoms with Gasteiger partial charge in [0.15, 0.2) is 11.5 Å².